The fraction of sp³-hybridized carbons (Fsp3) is 0.871. The smallest absolute Gasteiger partial charge is 0.305 e. The molecule has 0 aliphatic rings. The summed E-state index contributed by atoms with van der Waals surface area (Å²) in [4.78, 5) is 45.2. The van der Waals surface area contributed by atoms with E-state index < -0.39 is 0 Å². The van der Waals surface area contributed by atoms with E-state index in [1.165, 1.54) is 0 Å². The van der Waals surface area contributed by atoms with Crippen molar-refractivity contribution in [3.05, 3.63) is 0 Å². The largest absolute Gasteiger partial charge is 0.466 e. The summed E-state index contributed by atoms with van der Waals surface area (Å²) in [5.41, 5.74) is 0. The lowest BCUT2D eigenvalue weighted by molar-refractivity contribution is -0.145. The molecule has 0 heterocycles. The van der Waals surface area contributed by atoms with E-state index in [4.69, 9.17) is 39.4 Å². The first-order valence-electron chi connectivity index (χ1n) is 16.0. The zero-order valence-corrected chi connectivity index (χ0v) is 26.1. The van der Waals surface area contributed by atoms with Crippen molar-refractivity contribution >= 4 is 23.9 Å². The third-order valence-electron chi connectivity index (χ3n) is 6.04. The van der Waals surface area contributed by atoms with E-state index in [0.29, 0.717) is 90.4 Å². The van der Waals surface area contributed by atoms with Crippen LogP contribution in [0.4, 0.5) is 0 Å². The monoisotopic (exact) mass is 622 g/mol. The molecule has 0 radical (unpaired) electrons. The average molecular weight is 623 g/mol. The molecular formula is C31H58O12. The zero-order valence-electron chi connectivity index (χ0n) is 26.1. The topological polar surface area (TPSA) is 186 Å². The van der Waals surface area contributed by atoms with Crippen molar-refractivity contribution < 1.29 is 58.6 Å². The van der Waals surface area contributed by atoms with E-state index in [1.54, 1.807) is 0 Å². The van der Waals surface area contributed by atoms with E-state index >= 15 is 0 Å². The second kappa shape index (κ2) is 35.9. The highest BCUT2D eigenvalue weighted by molar-refractivity contribution is 5.70. The molecule has 0 aromatic rings. The Balaban J connectivity index is 0. The van der Waals surface area contributed by atoms with E-state index in [1.807, 2.05) is 0 Å². The standard InChI is InChI=1S/C16H30O6.C15H28O6/c17-11-5-7-13-21-15(19)9-3-1-2-4-10-16(20)22-14-8-6-12-18;16-10-5-6-12-20-14(18)8-3-1-2-4-9-15(19)21-13-7-11-17/h17-18H,1-14H2;16-17H,1-13H2. The Morgan fingerprint density at radius 2 is 0.535 bits per heavy atom. The molecule has 0 aromatic heterocycles. The molecule has 0 amide bonds. The molecule has 12 nitrogen and oxygen atoms in total. The van der Waals surface area contributed by atoms with Crippen LogP contribution in [0.15, 0.2) is 0 Å². The molecule has 0 bridgehead atoms. The van der Waals surface area contributed by atoms with Gasteiger partial charge in [-0.1, -0.05) is 25.7 Å². The molecule has 0 rings (SSSR count). The molecule has 254 valence electrons. The van der Waals surface area contributed by atoms with Crippen molar-refractivity contribution in [2.75, 3.05) is 52.9 Å². The van der Waals surface area contributed by atoms with Gasteiger partial charge >= 0.3 is 23.9 Å². The van der Waals surface area contributed by atoms with Gasteiger partial charge in [-0.2, -0.15) is 0 Å². The van der Waals surface area contributed by atoms with Gasteiger partial charge in [0.15, 0.2) is 0 Å². The normalized spacial score (nSPS) is 10.4. The zero-order chi connectivity index (χ0) is 32.2. The summed E-state index contributed by atoms with van der Waals surface area (Å²) in [6.45, 7) is 1.81. The molecular weight excluding hydrogens is 564 g/mol. The maximum Gasteiger partial charge on any atom is 0.305 e. The van der Waals surface area contributed by atoms with Crippen LogP contribution in [0.25, 0.3) is 0 Å². The lowest BCUT2D eigenvalue weighted by Gasteiger charge is -2.05. The molecule has 0 fully saturated rings. The summed E-state index contributed by atoms with van der Waals surface area (Å²) in [5, 5.41) is 34.3. The van der Waals surface area contributed by atoms with Gasteiger partial charge < -0.3 is 39.4 Å². The van der Waals surface area contributed by atoms with Crippen LogP contribution in [0.3, 0.4) is 0 Å². The van der Waals surface area contributed by atoms with Gasteiger partial charge in [-0.15, -0.1) is 0 Å². The minimum atomic E-state index is -0.230. The van der Waals surface area contributed by atoms with Gasteiger partial charge in [-0.3, -0.25) is 19.2 Å². The minimum absolute atomic E-state index is 0.0311. The molecule has 0 unspecified atom stereocenters. The van der Waals surface area contributed by atoms with Crippen LogP contribution < -0.4 is 0 Å². The Labute approximate surface area is 257 Å². The molecule has 0 aliphatic heterocycles. The second-order valence-electron chi connectivity index (χ2n) is 10.1. The van der Waals surface area contributed by atoms with Gasteiger partial charge in [0.1, 0.15) is 0 Å². The summed E-state index contributed by atoms with van der Waals surface area (Å²) < 4.78 is 19.9. The molecule has 43 heavy (non-hydrogen) atoms. The predicted octanol–water partition coefficient (Wildman–Crippen LogP) is 3.53. The van der Waals surface area contributed by atoms with Gasteiger partial charge in [0.2, 0.25) is 0 Å². The molecule has 0 spiro atoms. The fourth-order valence-electron chi connectivity index (χ4n) is 3.52. The number of esters is 4. The first kappa shape index (κ1) is 42.9. The minimum Gasteiger partial charge on any atom is -0.466 e. The lowest BCUT2D eigenvalue weighted by atomic mass is 10.1. The van der Waals surface area contributed by atoms with Crippen LogP contribution in [0.5, 0.6) is 0 Å². The van der Waals surface area contributed by atoms with Crippen molar-refractivity contribution in [3.63, 3.8) is 0 Å². The Bertz CT molecular complexity index is 629. The van der Waals surface area contributed by atoms with Gasteiger partial charge in [-0.05, 0) is 64.2 Å². The summed E-state index contributed by atoms with van der Waals surface area (Å²) in [6, 6.07) is 0. The summed E-state index contributed by atoms with van der Waals surface area (Å²) >= 11 is 0. The molecule has 0 aliphatic carbocycles. The third-order valence-corrected chi connectivity index (χ3v) is 6.04. The van der Waals surface area contributed by atoms with Crippen LogP contribution in [-0.2, 0) is 38.1 Å². The highest BCUT2D eigenvalue weighted by atomic mass is 16.5. The SMILES string of the molecule is O=C(CCCCCCC(=O)OCCCCO)OCCCCO.O=C(CCCCCCC(=O)OCCCCO)OCCCO. The van der Waals surface area contributed by atoms with Crippen molar-refractivity contribution in [1.82, 2.24) is 0 Å². The van der Waals surface area contributed by atoms with E-state index in [0.717, 1.165) is 51.4 Å². The lowest BCUT2D eigenvalue weighted by Crippen LogP contribution is -2.07. The second-order valence-corrected chi connectivity index (χ2v) is 10.1. The van der Waals surface area contributed by atoms with Gasteiger partial charge in [0.25, 0.3) is 0 Å². The number of aliphatic hydroxyl groups excluding tert-OH is 4. The quantitative estimate of drug-likeness (QED) is 0.0541. The Kier molecular flexibility index (Phi) is 35.8. The molecule has 0 aromatic carbocycles. The number of aliphatic hydroxyl groups is 4. The van der Waals surface area contributed by atoms with Gasteiger partial charge in [0, 0.05) is 58.5 Å². The van der Waals surface area contributed by atoms with Crippen LogP contribution in [0.1, 0.15) is 122 Å². The summed E-state index contributed by atoms with van der Waals surface area (Å²) in [5.74, 6) is -0.814. The summed E-state index contributed by atoms with van der Waals surface area (Å²) in [7, 11) is 0. The van der Waals surface area contributed by atoms with Gasteiger partial charge in [-0.25, -0.2) is 0 Å². The molecule has 0 atom stereocenters. The first-order chi connectivity index (χ1) is 20.9. The van der Waals surface area contributed by atoms with Crippen molar-refractivity contribution in [2.45, 2.75) is 122 Å². The maximum atomic E-state index is 11.3. The van der Waals surface area contributed by atoms with E-state index in [9.17, 15) is 19.2 Å². The Morgan fingerprint density at radius 1 is 0.302 bits per heavy atom. The summed E-state index contributed by atoms with van der Waals surface area (Å²) in [6.07, 6.45) is 12.7. The Hall–Kier alpha value is -2.28. The van der Waals surface area contributed by atoms with Crippen LogP contribution in [-0.4, -0.2) is 97.2 Å². The first-order valence-corrected chi connectivity index (χ1v) is 16.0. The van der Waals surface area contributed by atoms with E-state index in [2.05, 4.69) is 0 Å². The number of rotatable bonds is 29. The van der Waals surface area contributed by atoms with Crippen LogP contribution >= 0.6 is 0 Å². The van der Waals surface area contributed by atoms with Crippen molar-refractivity contribution in [3.8, 4) is 0 Å². The van der Waals surface area contributed by atoms with E-state index in [-0.39, 0.29) is 56.9 Å². The predicted molar refractivity (Wildman–Crippen MR) is 160 cm³/mol. The van der Waals surface area contributed by atoms with Crippen LogP contribution in [0, 0.1) is 0 Å². The number of hydrogen-bond donors (Lipinski definition) is 4. The maximum absolute atomic E-state index is 11.3. The highest BCUT2D eigenvalue weighted by Crippen LogP contribution is 2.09. The average Bonchev–Trinajstić information content (AvgIpc) is 2.99. The number of hydrogen-bond acceptors (Lipinski definition) is 12. The number of carbonyl (C=O) groups excluding carboxylic acids is 4. The number of carbonyl (C=O) groups is 4. The molecule has 0 saturated heterocycles. The molecule has 12 heteroatoms. The van der Waals surface area contributed by atoms with Gasteiger partial charge in [0.05, 0.1) is 26.4 Å². The molecule has 4 N–H and O–H groups in total. The third kappa shape index (κ3) is 37.7. The molecule has 0 saturated carbocycles. The number of unbranched alkanes of at least 4 members (excludes halogenated alkanes) is 9. The fourth-order valence-corrected chi connectivity index (χ4v) is 3.52. The Morgan fingerprint density at radius 3 is 0.767 bits per heavy atom. The van der Waals surface area contributed by atoms with Crippen molar-refractivity contribution in [1.29, 1.82) is 0 Å². The number of ether oxygens (including phenoxy) is 4. The highest BCUT2D eigenvalue weighted by Gasteiger charge is 2.06. The van der Waals surface area contributed by atoms with Crippen LogP contribution in [0.2, 0.25) is 0 Å². The van der Waals surface area contributed by atoms with Crippen molar-refractivity contribution in [2.24, 2.45) is 0 Å².